The van der Waals surface area contributed by atoms with Gasteiger partial charge in [0.1, 0.15) is 0 Å². The second kappa shape index (κ2) is 14.4. The molecule has 3 rings (SSSR count). The van der Waals surface area contributed by atoms with Crippen molar-refractivity contribution < 1.29 is 0 Å². The molecule has 0 N–H and O–H groups in total. The van der Waals surface area contributed by atoms with Gasteiger partial charge < -0.3 is 0 Å². The van der Waals surface area contributed by atoms with E-state index in [1.165, 1.54) is 44.9 Å². The normalized spacial score (nSPS) is 35.3. The molecule has 0 aliphatic heterocycles. The van der Waals surface area contributed by atoms with E-state index in [1.54, 1.807) is 34.5 Å². The molecule has 35 heavy (non-hydrogen) atoms. The fourth-order valence-electron chi connectivity index (χ4n) is 8.22. The molecular formula is C31H54I4. The van der Waals surface area contributed by atoms with E-state index in [9.17, 15) is 0 Å². The van der Waals surface area contributed by atoms with Gasteiger partial charge in [-0.15, -0.1) is 0 Å². The van der Waals surface area contributed by atoms with E-state index in [0.29, 0.717) is 5.41 Å². The van der Waals surface area contributed by atoms with Gasteiger partial charge in [-0.1, -0.05) is 0 Å². The number of hydrogen-bond donors (Lipinski definition) is 0. The maximum absolute atomic E-state index is 3.53. The zero-order chi connectivity index (χ0) is 25.8. The first-order chi connectivity index (χ1) is 16.4. The van der Waals surface area contributed by atoms with Crippen molar-refractivity contribution in [1.29, 1.82) is 0 Å². The van der Waals surface area contributed by atoms with Gasteiger partial charge in [-0.3, -0.25) is 0 Å². The van der Waals surface area contributed by atoms with E-state index in [4.69, 9.17) is 0 Å². The molecule has 4 heteroatoms. The van der Waals surface area contributed by atoms with Gasteiger partial charge in [-0.25, -0.2) is 0 Å². The number of hydrogen-bond acceptors (Lipinski definition) is 0. The van der Waals surface area contributed by atoms with Crippen LogP contribution in [-0.4, -0.2) is 17.7 Å². The average molecular weight is 934 g/mol. The first kappa shape index (κ1) is 32.0. The molecule has 0 bridgehead atoms. The third-order valence-electron chi connectivity index (χ3n) is 9.97. The Morgan fingerprint density at radius 2 is 1.51 bits per heavy atom. The monoisotopic (exact) mass is 934 g/mol. The summed E-state index contributed by atoms with van der Waals surface area (Å²) < 4.78 is 4.40. The zero-order valence-corrected chi connectivity index (χ0v) is 32.4. The summed E-state index contributed by atoms with van der Waals surface area (Å²) in [5.41, 5.74) is 0.541. The molecule has 3 aliphatic carbocycles. The molecule has 0 heterocycles. The van der Waals surface area contributed by atoms with Crippen LogP contribution in [0.4, 0.5) is 0 Å². The van der Waals surface area contributed by atoms with Crippen molar-refractivity contribution in [2.75, 3.05) is 13.8 Å². The molecule has 3 saturated carbocycles. The third kappa shape index (κ3) is 9.52. The molecule has 3 aliphatic rings. The van der Waals surface area contributed by atoms with Crippen molar-refractivity contribution in [3.8, 4) is 11.8 Å². The van der Waals surface area contributed by atoms with Crippen LogP contribution in [-0.2, 0) is 0 Å². The van der Waals surface area contributed by atoms with Crippen LogP contribution in [0.1, 0.15) is 112 Å². The van der Waals surface area contributed by atoms with Gasteiger partial charge in [0.05, 0.1) is 0 Å². The molecule has 3 fully saturated rings. The molecule has 0 radical (unpaired) electrons. The average Bonchev–Trinajstić information content (AvgIpc) is 3.28. The molecule has 0 nitrogen and oxygen atoms in total. The first-order valence-corrected chi connectivity index (χ1v) is 33.4. The second-order valence-electron chi connectivity index (χ2n) is 13.7. The van der Waals surface area contributed by atoms with Gasteiger partial charge >= 0.3 is 257 Å². The molecule has 0 spiro atoms. The summed E-state index contributed by atoms with van der Waals surface area (Å²) in [4.78, 5) is 2.66. The van der Waals surface area contributed by atoms with E-state index >= 15 is 0 Å². The SMILES string of the molecule is CC#CC(C)(C)CC(C)(C)C1CCC(C2CCCC2CI(I)CC2CCCC2C)CC(I(C)I)C1. The molecule has 0 aromatic heterocycles. The van der Waals surface area contributed by atoms with E-state index in [1.807, 2.05) is 6.92 Å². The van der Waals surface area contributed by atoms with Crippen LogP contribution in [0.5, 0.6) is 0 Å². The summed E-state index contributed by atoms with van der Waals surface area (Å²) >= 11 is 4.31. The van der Waals surface area contributed by atoms with Crippen LogP contribution in [0.15, 0.2) is 0 Å². The van der Waals surface area contributed by atoms with Crippen molar-refractivity contribution >= 4 is 68.9 Å². The molecule has 0 aromatic carbocycles. The van der Waals surface area contributed by atoms with Gasteiger partial charge in [0.2, 0.25) is 0 Å². The topological polar surface area (TPSA) is 0 Å². The van der Waals surface area contributed by atoms with Crippen molar-refractivity contribution in [3.05, 3.63) is 0 Å². The van der Waals surface area contributed by atoms with Crippen molar-refractivity contribution in [2.45, 2.75) is 116 Å². The first-order valence-electron chi connectivity index (χ1n) is 14.4. The summed E-state index contributed by atoms with van der Waals surface area (Å²) in [6.07, 6.45) is 16.6. The summed E-state index contributed by atoms with van der Waals surface area (Å²) in [6.45, 7) is 14.5. The summed E-state index contributed by atoms with van der Waals surface area (Å²) in [6, 6.07) is 0. The Hall–Kier alpha value is 2.48. The van der Waals surface area contributed by atoms with Crippen LogP contribution >= 0.6 is 68.9 Å². The molecule has 0 saturated heterocycles. The van der Waals surface area contributed by atoms with Gasteiger partial charge in [0, 0.05) is 0 Å². The Morgan fingerprint density at radius 1 is 0.857 bits per heavy atom. The van der Waals surface area contributed by atoms with Gasteiger partial charge in [0.15, 0.2) is 0 Å². The van der Waals surface area contributed by atoms with E-state index in [-0.39, 0.29) is 5.41 Å². The fraction of sp³-hybridized carbons (Fsp3) is 0.935. The van der Waals surface area contributed by atoms with Gasteiger partial charge in [-0.05, 0) is 0 Å². The molecule has 7 atom stereocenters. The number of rotatable bonds is 9. The molecular weight excluding hydrogens is 880 g/mol. The summed E-state index contributed by atoms with van der Waals surface area (Å²) in [7, 11) is 0. The summed E-state index contributed by atoms with van der Waals surface area (Å²) in [5, 5.41) is 0. The van der Waals surface area contributed by atoms with Crippen LogP contribution in [0, 0.1) is 58.2 Å². The Labute approximate surface area is 253 Å². The zero-order valence-electron chi connectivity index (χ0n) is 23.7. The number of alkyl halides is 4. The number of halogens is 4. The van der Waals surface area contributed by atoms with Crippen LogP contribution in [0.25, 0.3) is 0 Å². The molecule has 206 valence electrons. The Balaban J connectivity index is 1.66. The van der Waals surface area contributed by atoms with E-state index < -0.39 is 31.7 Å². The maximum atomic E-state index is 3.53. The van der Waals surface area contributed by atoms with E-state index in [2.05, 4.69) is 88.6 Å². The van der Waals surface area contributed by atoms with Gasteiger partial charge in [0.25, 0.3) is 0 Å². The second-order valence-corrected chi connectivity index (χ2v) is 38.3. The minimum absolute atomic E-state index is 0.141. The molecule has 7 unspecified atom stereocenters. The summed E-state index contributed by atoms with van der Waals surface area (Å²) in [5.74, 6) is 13.0. The van der Waals surface area contributed by atoms with Crippen LogP contribution < -0.4 is 0 Å². The Bertz CT molecular complexity index is 717. The van der Waals surface area contributed by atoms with Crippen molar-refractivity contribution in [2.24, 2.45) is 46.3 Å². The molecule has 0 amide bonds. The fourth-order valence-corrected chi connectivity index (χ4v) is 24.4. The standard InChI is InChI=1S/C31H54I4/c1-8-17-30(3,4)22-31(5,6)27-16-15-24(18-28(19-27)34(7)32)29-14-10-13-26(29)21-35(33)20-25-12-9-11-23(25)2/h23-29H,9-16,18-22H2,1-7H3. The van der Waals surface area contributed by atoms with E-state index in [0.717, 1.165) is 39.4 Å². The quantitative estimate of drug-likeness (QED) is 0.0935. The van der Waals surface area contributed by atoms with Gasteiger partial charge in [-0.2, -0.15) is 0 Å². The Kier molecular flexibility index (Phi) is 13.2. The van der Waals surface area contributed by atoms with Crippen molar-refractivity contribution in [1.82, 2.24) is 0 Å². The Morgan fingerprint density at radius 3 is 2.14 bits per heavy atom. The predicted octanol–water partition coefficient (Wildman–Crippen LogP) is 11.8. The van der Waals surface area contributed by atoms with Crippen LogP contribution in [0.3, 0.4) is 0 Å². The van der Waals surface area contributed by atoms with Crippen LogP contribution in [0.2, 0.25) is 0 Å². The minimum atomic E-state index is -0.853. The van der Waals surface area contributed by atoms with Crippen molar-refractivity contribution in [3.63, 3.8) is 0 Å². The third-order valence-corrected chi connectivity index (χ3v) is 26.5. The molecule has 0 aromatic rings. The predicted molar refractivity (Wildman–Crippen MR) is 194 cm³/mol.